The van der Waals surface area contributed by atoms with Crippen molar-refractivity contribution in [2.75, 3.05) is 0 Å². The van der Waals surface area contributed by atoms with Gasteiger partial charge in [0, 0.05) is 11.1 Å². The van der Waals surface area contributed by atoms with Crippen LogP contribution in [0.1, 0.15) is 38.1 Å². The minimum atomic E-state index is -4.49. The van der Waals surface area contributed by atoms with E-state index < -0.39 is 29.8 Å². The molecule has 1 aliphatic heterocycles. The Morgan fingerprint density at radius 3 is 2.14 bits per heavy atom. The summed E-state index contributed by atoms with van der Waals surface area (Å²) in [7, 11) is 0. The summed E-state index contributed by atoms with van der Waals surface area (Å²) in [6.07, 6.45) is -5.68. The van der Waals surface area contributed by atoms with Gasteiger partial charge >= 0.3 is 6.18 Å². The maximum absolute atomic E-state index is 13.1. The lowest BCUT2D eigenvalue weighted by molar-refractivity contribution is -0.137. The minimum absolute atomic E-state index is 0.208. The summed E-state index contributed by atoms with van der Waals surface area (Å²) in [5.74, 6) is -0.917. The van der Waals surface area contributed by atoms with E-state index >= 15 is 0 Å². The van der Waals surface area contributed by atoms with E-state index in [9.17, 15) is 22.8 Å². The molecule has 1 atom stereocenters. The van der Waals surface area contributed by atoms with Crippen LogP contribution in [-0.2, 0) is 6.18 Å². The molecule has 3 aromatic rings. The lowest BCUT2D eigenvalue weighted by Crippen LogP contribution is -2.45. The summed E-state index contributed by atoms with van der Waals surface area (Å²) in [6.45, 7) is 0. The molecule has 7 heteroatoms. The minimum Gasteiger partial charge on any atom is -0.465 e. The van der Waals surface area contributed by atoms with E-state index in [1.54, 1.807) is 48.5 Å². The summed E-state index contributed by atoms with van der Waals surface area (Å²) in [5, 5.41) is 0. The molecule has 0 aliphatic carbocycles. The molecule has 0 saturated carbocycles. The fourth-order valence-electron chi connectivity index (χ4n) is 3.13. The molecule has 1 aliphatic rings. The normalized spacial score (nSPS) is 16.2. The highest BCUT2D eigenvalue weighted by molar-refractivity contribution is 6.12. The second-order valence-corrected chi connectivity index (χ2v) is 6.43. The van der Waals surface area contributed by atoms with E-state index in [0.717, 1.165) is 17.0 Å². The number of hydrogen-bond acceptors (Lipinski definition) is 3. The van der Waals surface area contributed by atoms with Gasteiger partial charge in [0.25, 0.3) is 11.8 Å². The van der Waals surface area contributed by atoms with Crippen LogP contribution in [0.15, 0.2) is 78.9 Å². The van der Waals surface area contributed by atoms with Crippen molar-refractivity contribution in [1.29, 1.82) is 0 Å². The highest BCUT2D eigenvalue weighted by Gasteiger charge is 2.40. The lowest BCUT2D eigenvalue weighted by atomic mass is 10.0. The molecule has 29 heavy (non-hydrogen) atoms. The van der Waals surface area contributed by atoms with Gasteiger partial charge in [0.1, 0.15) is 5.75 Å². The number of benzene rings is 3. The van der Waals surface area contributed by atoms with Gasteiger partial charge in [-0.3, -0.25) is 9.59 Å². The van der Waals surface area contributed by atoms with Crippen LogP contribution < -0.4 is 4.74 Å². The van der Waals surface area contributed by atoms with E-state index in [4.69, 9.17) is 4.74 Å². The molecule has 2 amide bonds. The average molecular weight is 397 g/mol. The van der Waals surface area contributed by atoms with Crippen molar-refractivity contribution in [3.8, 4) is 5.75 Å². The molecule has 3 aromatic carbocycles. The molecule has 1 unspecified atom stereocenters. The van der Waals surface area contributed by atoms with Gasteiger partial charge in [0.05, 0.1) is 11.1 Å². The number of imide groups is 1. The van der Waals surface area contributed by atoms with Crippen molar-refractivity contribution >= 4 is 11.8 Å². The second kappa shape index (κ2) is 7.09. The van der Waals surface area contributed by atoms with E-state index in [-0.39, 0.29) is 22.4 Å². The van der Waals surface area contributed by atoms with Crippen LogP contribution >= 0.6 is 0 Å². The zero-order valence-electron chi connectivity index (χ0n) is 14.9. The molecule has 0 bridgehead atoms. The molecule has 0 radical (unpaired) electrons. The molecule has 146 valence electrons. The van der Waals surface area contributed by atoms with Crippen LogP contribution in [-0.4, -0.2) is 16.7 Å². The smallest absolute Gasteiger partial charge is 0.416 e. The lowest BCUT2D eigenvalue weighted by Gasteiger charge is -2.35. The number of halogens is 3. The van der Waals surface area contributed by atoms with Gasteiger partial charge in [-0.05, 0) is 36.4 Å². The van der Waals surface area contributed by atoms with Crippen molar-refractivity contribution < 1.29 is 27.5 Å². The van der Waals surface area contributed by atoms with Crippen LogP contribution in [0.3, 0.4) is 0 Å². The number of rotatable bonds is 2. The Morgan fingerprint density at radius 1 is 0.862 bits per heavy atom. The third-order valence-electron chi connectivity index (χ3n) is 4.57. The summed E-state index contributed by atoms with van der Waals surface area (Å²) < 4.78 is 44.6. The van der Waals surface area contributed by atoms with Crippen LogP contribution in [0.25, 0.3) is 0 Å². The zero-order chi connectivity index (χ0) is 20.6. The molecule has 0 N–H and O–H groups in total. The standard InChI is InChI=1S/C22H14F3NO3/c23-22(24,25)16-12-10-15(11-13-16)21-26(19(27)14-6-2-1-3-7-14)20(28)17-8-4-5-9-18(17)29-21/h1-13,21H. The fourth-order valence-corrected chi connectivity index (χ4v) is 3.13. The number of carbonyl (C=O) groups excluding carboxylic acids is 2. The number of ether oxygens (including phenoxy) is 1. The topological polar surface area (TPSA) is 46.6 Å². The molecular weight excluding hydrogens is 383 g/mol. The van der Waals surface area contributed by atoms with Gasteiger partial charge in [0.15, 0.2) is 0 Å². The predicted molar refractivity (Wildman–Crippen MR) is 98.2 cm³/mol. The molecule has 4 rings (SSSR count). The summed E-state index contributed by atoms with van der Waals surface area (Å²) in [6, 6.07) is 18.8. The molecule has 0 aromatic heterocycles. The second-order valence-electron chi connectivity index (χ2n) is 6.43. The fraction of sp³-hybridized carbons (Fsp3) is 0.0909. The highest BCUT2D eigenvalue weighted by Crippen LogP contribution is 2.37. The van der Waals surface area contributed by atoms with E-state index in [2.05, 4.69) is 0 Å². The monoisotopic (exact) mass is 397 g/mol. The quantitative estimate of drug-likeness (QED) is 0.567. The number of hydrogen-bond donors (Lipinski definition) is 0. The number of fused-ring (bicyclic) bond motifs is 1. The number of alkyl halides is 3. The molecule has 0 saturated heterocycles. The van der Waals surface area contributed by atoms with Crippen molar-refractivity contribution in [1.82, 2.24) is 4.90 Å². The first-order valence-corrected chi connectivity index (χ1v) is 8.72. The van der Waals surface area contributed by atoms with Crippen molar-refractivity contribution in [2.45, 2.75) is 12.4 Å². The molecule has 0 fully saturated rings. The molecular formula is C22H14F3NO3. The third kappa shape index (κ3) is 3.47. The highest BCUT2D eigenvalue weighted by atomic mass is 19.4. The molecule has 0 spiro atoms. The number of amides is 2. The Morgan fingerprint density at radius 2 is 1.48 bits per heavy atom. The van der Waals surface area contributed by atoms with Gasteiger partial charge in [-0.25, -0.2) is 4.90 Å². The van der Waals surface area contributed by atoms with Crippen LogP contribution in [0, 0.1) is 0 Å². The summed E-state index contributed by atoms with van der Waals surface area (Å²) in [5.41, 5.74) is -0.101. The number of para-hydroxylation sites is 1. The Labute approximate surface area is 164 Å². The van der Waals surface area contributed by atoms with Gasteiger partial charge in [-0.2, -0.15) is 13.2 Å². The first kappa shape index (κ1) is 18.7. The van der Waals surface area contributed by atoms with Crippen LogP contribution in [0.5, 0.6) is 5.75 Å². The average Bonchev–Trinajstić information content (AvgIpc) is 2.73. The first-order valence-electron chi connectivity index (χ1n) is 8.72. The van der Waals surface area contributed by atoms with Gasteiger partial charge in [-0.15, -0.1) is 0 Å². The Balaban J connectivity index is 1.79. The van der Waals surface area contributed by atoms with E-state index in [1.165, 1.54) is 18.2 Å². The summed E-state index contributed by atoms with van der Waals surface area (Å²) >= 11 is 0. The maximum atomic E-state index is 13.1. The van der Waals surface area contributed by atoms with Crippen LogP contribution in [0.2, 0.25) is 0 Å². The number of nitrogens with zero attached hydrogens (tertiary/aromatic N) is 1. The Hall–Kier alpha value is -3.61. The largest absolute Gasteiger partial charge is 0.465 e. The number of carbonyl (C=O) groups is 2. The van der Waals surface area contributed by atoms with E-state index in [0.29, 0.717) is 0 Å². The van der Waals surface area contributed by atoms with Gasteiger partial charge in [-0.1, -0.05) is 42.5 Å². The zero-order valence-corrected chi connectivity index (χ0v) is 14.9. The Kier molecular flexibility index (Phi) is 4.58. The van der Waals surface area contributed by atoms with Crippen molar-refractivity contribution in [3.63, 3.8) is 0 Å². The SMILES string of the molecule is O=C(c1ccccc1)N1C(=O)c2ccccc2OC1c1ccc(C(F)(F)F)cc1. The molecule has 1 heterocycles. The van der Waals surface area contributed by atoms with Crippen molar-refractivity contribution in [3.05, 3.63) is 101 Å². The third-order valence-corrected chi connectivity index (χ3v) is 4.57. The predicted octanol–water partition coefficient (Wildman–Crippen LogP) is 5.08. The molecule has 4 nitrogen and oxygen atoms in total. The maximum Gasteiger partial charge on any atom is 0.416 e. The summed E-state index contributed by atoms with van der Waals surface area (Å²) in [4.78, 5) is 27.1. The van der Waals surface area contributed by atoms with Crippen molar-refractivity contribution in [2.24, 2.45) is 0 Å². The van der Waals surface area contributed by atoms with Gasteiger partial charge < -0.3 is 4.74 Å². The van der Waals surface area contributed by atoms with Crippen LogP contribution in [0.4, 0.5) is 13.2 Å². The van der Waals surface area contributed by atoms with Gasteiger partial charge in [0.2, 0.25) is 6.23 Å². The Bertz CT molecular complexity index is 1060. The van der Waals surface area contributed by atoms with E-state index in [1.807, 2.05) is 0 Å². The first-order chi connectivity index (χ1) is 13.9.